The third kappa shape index (κ3) is 3.07. The standard InChI is InChI=1S/C17H21NS/c18-17(10-9-16-6-3-11-19-16)15-8-7-13-4-1-2-5-14(13)12-15/h1-6,11,15,17H,7-10,12,18H2. The van der Waals surface area contributed by atoms with Gasteiger partial charge in [-0.15, -0.1) is 11.3 Å². The summed E-state index contributed by atoms with van der Waals surface area (Å²) >= 11 is 1.84. The summed E-state index contributed by atoms with van der Waals surface area (Å²) < 4.78 is 0. The van der Waals surface area contributed by atoms with Crippen LogP contribution in [0.1, 0.15) is 28.8 Å². The first kappa shape index (κ1) is 12.9. The monoisotopic (exact) mass is 271 g/mol. The van der Waals surface area contributed by atoms with E-state index in [1.807, 2.05) is 11.3 Å². The van der Waals surface area contributed by atoms with E-state index in [9.17, 15) is 0 Å². The van der Waals surface area contributed by atoms with Crippen LogP contribution < -0.4 is 5.73 Å². The van der Waals surface area contributed by atoms with Gasteiger partial charge in [0.1, 0.15) is 0 Å². The second-order valence-corrected chi connectivity index (χ2v) is 6.59. The van der Waals surface area contributed by atoms with Gasteiger partial charge in [0.05, 0.1) is 0 Å². The van der Waals surface area contributed by atoms with Gasteiger partial charge < -0.3 is 5.73 Å². The third-order valence-electron chi connectivity index (χ3n) is 4.29. The molecule has 0 radical (unpaired) electrons. The topological polar surface area (TPSA) is 26.0 Å². The van der Waals surface area contributed by atoms with Gasteiger partial charge in [-0.05, 0) is 60.6 Å². The zero-order valence-electron chi connectivity index (χ0n) is 11.2. The second-order valence-electron chi connectivity index (χ2n) is 5.55. The average molecular weight is 271 g/mol. The molecule has 1 heterocycles. The zero-order valence-corrected chi connectivity index (χ0v) is 12.0. The van der Waals surface area contributed by atoms with Gasteiger partial charge in [0.15, 0.2) is 0 Å². The van der Waals surface area contributed by atoms with Crippen LogP contribution in [0.4, 0.5) is 0 Å². The Morgan fingerprint density at radius 3 is 2.79 bits per heavy atom. The molecule has 2 unspecified atom stereocenters. The van der Waals surface area contributed by atoms with Crippen LogP contribution in [0.5, 0.6) is 0 Å². The quantitative estimate of drug-likeness (QED) is 0.899. The van der Waals surface area contributed by atoms with Crippen LogP contribution in [0, 0.1) is 5.92 Å². The Kier molecular flexibility index (Phi) is 4.00. The number of hydrogen-bond donors (Lipinski definition) is 1. The van der Waals surface area contributed by atoms with Crippen molar-refractivity contribution in [3.8, 4) is 0 Å². The van der Waals surface area contributed by atoms with Gasteiger partial charge in [-0.3, -0.25) is 0 Å². The fourth-order valence-electron chi connectivity index (χ4n) is 3.09. The number of aryl methyl sites for hydroxylation is 2. The molecule has 1 aliphatic carbocycles. The van der Waals surface area contributed by atoms with Crippen LogP contribution in [-0.4, -0.2) is 6.04 Å². The first-order valence-corrected chi connectivity index (χ1v) is 8.05. The van der Waals surface area contributed by atoms with Crippen molar-refractivity contribution in [2.24, 2.45) is 11.7 Å². The van der Waals surface area contributed by atoms with E-state index in [2.05, 4.69) is 41.8 Å². The van der Waals surface area contributed by atoms with Crippen molar-refractivity contribution in [1.82, 2.24) is 0 Å². The minimum atomic E-state index is 0.343. The van der Waals surface area contributed by atoms with Crippen LogP contribution in [-0.2, 0) is 19.3 Å². The fraction of sp³-hybridized carbons (Fsp3) is 0.412. The van der Waals surface area contributed by atoms with Gasteiger partial charge in [-0.25, -0.2) is 0 Å². The van der Waals surface area contributed by atoms with Crippen molar-refractivity contribution in [3.05, 3.63) is 57.8 Å². The summed E-state index contributed by atoms with van der Waals surface area (Å²) in [7, 11) is 0. The van der Waals surface area contributed by atoms with Crippen molar-refractivity contribution in [2.75, 3.05) is 0 Å². The lowest BCUT2D eigenvalue weighted by Gasteiger charge is -2.29. The molecular formula is C17H21NS. The van der Waals surface area contributed by atoms with E-state index in [4.69, 9.17) is 5.73 Å². The molecule has 0 spiro atoms. The molecule has 0 bridgehead atoms. The average Bonchev–Trinajstić information content (AvgIpc) is 2.97. The first-order valence-electron chi connectivity index (χ1n) is 7.17. The Bertz CT molecular complexity index is 518. The van der Waals surface area contributed by atoms with E-state index < -0.39 is 0 Å². The van der Waals surface area contributed by atoms with Gasteiger partial charge in [0, 0.05) is 10.9 Å². The Morgan fingerprint density at radius 2 is 2.00 bits per heavy atom. The second kappa shape index (κ2) is 5.89. The molecule has 0 saturated carbocycles. The SMILES string of the molecule is NC(CCc1cccs1)C1CCc2ccccc2C1. The first-order chi connectivity index (χ1) is 9.33. The summed E-state index contributed by atoms with van der Waals surface area (Å²) in [6.07, 6.45) is 5.88. The van der Waals surface area contributed by atoms with Crippen molar-refractivity contribution in [1.29, 1.82) is 0 Å². The molecule has 0 amide bonds. The molecule has 2 heteroatoms. The lowest BCUT2D eigenvalue weighted by molar-refractivity contribution is 0.359. The van der Waals surface area contributed by atoms with Gasteiger partial charge in [-0.2, -0.15) is 0 Å². The number of hydrogen-bond acceptors (Lipinski definition) is 2. The predicted molar refractivity (Wildman–Crippen MR) is 82.6 cm³/mol. The molecule has 0 aliphatic heterocycles. The summed E-state index contributed by atoms with van der Waals surface area (Å²) in [4.78, 5) is 1.46. The van der Waals surface area contributed by atoms with Crippen LogP contribution in [0.2, 0.25) is 0 Å². The maximum Gasteiger partial charge on any atom is 0.00739 e. The molecule has 0 saturated heterocycles. The lowest BCUT2D eigenvalue weighted by atomic mass is 9.79. The highest BCUT2D eigenvalue weighted by Crippen LogP contribution is 2.28. The highest BCUT2D eigenvalue weighted by molar-refractivity contribution is 7.09. The fourth-order valence-corrected chi connectivity index (χ4v) is 3.82. The highest BCUT2D eigenvalue weighted by atomic mass is 32.1. The van der Waals surface area contributed by atoms with E-state index >= 15 is 0 Å². The molecule has 2 aromatic rings. The van der Waals surface area contributed by atoms with E-state index in [1.54, 1.807) is 0 Å². The maximum atomic E-state index is 6.43. The van der Waals surface area contributed by atoms with E-state index in [0.29, 0.717) is 12.0 Å². The summed E-state index contributed by atoms with van der Waals surface area (Å²) in [5, 5.41) is 2.15. The van der Waals surface area contributed by atoms with E-state index in [0.717, 1.165) is 12.8 Å². The minimum Gasteiger partial charge on any atom is -0.327 e. The zero-order chi connectivity index (χ0) is 13.1. The van der Waals surface area contributed by atoms with Crippen LogP contribution in [0.25, 0.3) is 0 Å². The molecular weight excluding hydrogens is 250 g/mol. The number of nitrogens with two attached hydrogens (primary N) is 1. The minimum absolute atomic E-state index is 0.343. The molecule has 0 fully saturated rings. The summed E-state index contributed by atoms with van der Waals surface area (Å²) in [6, 6.07) is 13.5. The van der Waals surface area contributed by atoms with Crippen LogP contribution >= 0.6 is 11.3 Å². The van der Waals surface area contributed by atoms with E-state index in [-0.39, 0.29) is 0 Å². The molecule has 1 aromatic heterocycles. The van der Waals surface area contributed by atoms with Crippen molar-refractivity contribution >= 4 is 11.3 Å². The van der Waals surface area contributed by atoms with Crippen molar-refractivity contribution < 1.29 is 0 Å². The summed E-state index contributed by atoms with van der Waals surface area (Å²) in [5.41, 5.74) is 9.48. The third-order valence-corrected chi connectivity index (χ3v) is 5.23. The van der Waals surface area contributed by atoms with Gasteiger partial charge >= 0.3 is 0 Å². The molecule has 2 N–H and O–H groups in total. The van der Waals surface area contributed by atoms with E-state index in [1.165, 1.54) is 35.3 Å². The Morgan fingerprint density at radius 1 is 1.16 bits per heavy atom. The molecule has 1 aliphatic rings. The molecule has 3 rings (SSSR count). The number of thiophene rings is 1. The summed E-state index contributed by atoms with van der Waals surface area (Å²) in [5.74, 6) is 0.662. The van der Waals surface area contributed by atoms with Crippen LogP contribution in [0.3, 0.4) is 0 Å². The molecule has 2 atom stereocenters. The van der Waals surface area contributed by atoms with Gasteiger partial charge in [0.2, 0.25) is 0 Å². The Labute approximate surface area is 119 Å². The predicted octanol–water partition coefficient (Wildman–Crippen LogP) is 3.81. The van der Waals surface area contributed by atoms with Gasteiger partial charge in [-0.1, -0.05) is 30.3 Å². The number of fused-ring (bicyclic) bond motifs is 1. The summed E-state index contributed by atoms with van der Waals surface area (Å²) in [6.45, 7) is 0. The largest absolute Gasteiger partial charge is 0.327 e. The number of rotatable bonds is 4. The normalized spacial score (nSPS) is 19.9. The molecule has 100 valence electrons. The van der Waals surface area contributed by atoms with Crippen molar-refractivity contribution in [3.63, 3.8) is 0 Å². The van der Waals surface area contributed by atoms with Crippen LogP contribution in [0.15, 0.2) is 41.8 Å². The molecule has 1 nitrogen and oxygen atoms in total. The lowest BCUT2D eigenvalue weighted by Crippen LogP contribution is -2.34. The highest BCUT2D eigenvalue weighted by Gasteiger charge is 2.23. The number of benzene rings is 1. The Hall–Kier alpha value is -1.12. The van der Waals surface area contributed by atoms with Gasteiger partial charge in [0.25, 0.3) is 0 Å². The molecule has 19 heavy (non-hydrogen) atoms. The maximum absolute atomic E-state index is 6.43. The molecule has 1 aromatic carbocycles. The Balaban J connectivity index is 1.58. The smallest absolute Gasteiger partial charge is 0.00739 e. The van der Waals surface area contributed by atoms with Crippen molar-refractivity contribution in [2.45, 2.75) is 38.1 Å².